The predicted molar refractivity (Wildman–Crippen MR) is 90.5 cm³/mol. The fourth-order valence-electron chi connectivity index (χ4n) is 2.78. The van der Waals surface area contributed by atoms with Crippen molar-refractivity contribution in [3.63, 3.8) is 0 Å². The molecule has 3 rings (SSSR count). The molecule has 0 unspecified atom stereocenters. The van der Waals surface area contributed by atoms with Crippen molar-refractivity contribution in [1.29, 1.82) is 0 Å². The van der Waals surface area contributed by atoms with Crippen LogP contribution in [0.5, 0.6) is 0 Å². The van der Waals surface area contributed by atoms with Gasteiger partial charge < -0.3 is 9.64 Å². The molecule has 1 aliphatic heterocycles. The van der Waals surface area contributed by atoms with Gasteiger partial charge in [-0.2, -0.15) is 0 Å². The number of likely N-dealkylation sites (N-methyl/N-ethyl adjacent to an activating group) is 1. The molecule has 0 spiro atoms. The van der Waals surface area contributed by atoms with Crippen LogP contribution in [0.1, 0.15) is 22.2 Å². The maximum atomic E-state index is 13.2. The minimum absolute atomic E-state index is 0.0534. The summed E-state index contributed by atoms with van der Waals surface area (Å²) in [5.74, 6) is 0.0534. The van der Waals surface area contributed by atoms with Crippen LogP contribution >= 0.6 is 11.5 Å². The molecule has 8 heteroatoms. The molecule has 0 N–H and O–H groups in total. The average Bonchev–Trinajstić information content (AvgIpc) is 3.02. The number of rotatable bonds is 5. The van der Waals surface area contributed by atoms with Crippen LogP contribution in [0.25, 0.3) is 0 Å². The molecule has 0 bridgehead atoms. The summed E-state index contributed by atoms with van der Waals surface area (Å²) in [6.45, 7) is 5.19. The Morgan fingerprint density at radius 3 is 2.88 bits per heavy atom. The van der Waals surface area contributed by atoms with E-state index in [1.165, 1.54) is 11.5 Å². The number of aromatic nitrogens is 3. The summed E-state index contributed by atoms with van der Waals surface area (Å²) in [4.78, 5) is 22.3. The molecule has 0 aromatic carbocycles. The van der Waals surface area contributed by atoms with Gasteiger partial charge in [0, 0.05) is 32.5 Å². The van der Waals surface area contributed by atoms with E-state index in [2.05, 4.69) is 19.5 Å². The molecule has 128 valence electrons. The second-order valence-corrected chi connectivity index (χ2v) is 6.65. The minimum Gasteiger partial charge on any atom is -0.379 e. The summed E-state index contributed by atoms with van der Waals surface area (Å²) >= 11 is 1.34. The maximum Gasteiger partial charge on any atom is 0.244 e. The Bertz CT molecular complexity index is 672. The number of amides is 1. The monoisotopic (exact) mass is 347 g/mol. The highest BCUT2D eigenvalue weighted by atomic mass is 32.1. The molecule has 7 nitrogen and oxygen atoms in total. The fourth-order valence-corrected chi connectivity index (χ4v) is 3.47. The molecule has 1 saturated heterocycles. The van der Waals surface area contributed by atoms with E-state index >= 15 is 0 Å². The molecule has 1 aliphatic rings. The Balaban J connectivity index is 1.81. The molecule has 24 heavy (non-hydrogen) atoms. The van der Waals surface area contributed by atoms with Crippen molar-refractivity contribution in [2.24, 2.45) is 0 Å². The summed E-state index contributed by atoms with van der Waals surface area (Å²) in [5, 5.41) is 4.02. The quantitative estimate of drug-likeness (QED) is 0.811. The van der Waals surface area contributed by atoms with Crippen molar-refractivity contribution in [1.82, 2.24) is 24.4 Å². The van der Waals surface area contributed by atoms with E-state index in [1.807, 2.05) is 26.1 Å². The molecule has 0 saturated carbocycles. The fraction of sp³-hybridized carbons (Fsp3) is 0.500. The van der Waals surface area contributed by atoms with E-state index in [9.17, 15) is 4.79 Å². The third-order valence-electron chi connectivity index (χ3n) is 4.15. The van der Waals surface area contributed by atoms with Crippen molar-refractivity contribution >= 4 is 17.4 Å². The standard InChI is InChI=1S/C16H21N5O2S/c1-12-14(24-19-18-12)11-20(2)16(22)15(13-4-3-5-17-10-13)21-6-8-23-9-7-21/h3-5,10,15H,6-9,11H2,1-2H3/t15-/m1/s1. The van der Waals surface area contributed by atoms with Crippen LogP contribution in [0, 0.1) is 6.92 Å². The lowest BCUT2D eigenvalue weighted by Gasteiger charge is -2.35. The highest BCUT2D eigenvalue weighted by Crippen LogP contribution is 2.24. The number of morpholine rings is 1. The number of aryl methyl sites for hydroxylation is 1. The predicted octanol–water partition coefficient (Wildman–Crippen LogP) is 1.27. The van der Waals surface area contributed by atoms with Crippen LogP contribution in [0.4, 0.5) is 0 Å². The van der Waals surface area contributed by atoms with E-state index in [1.54, 1.807) is 17.3 Å². The Hall–Kier alpha value is -1.90. The Morgan fingerprint density at radius 1 is 1.46 bits per heavy atom. The lowest BCUT2D eigenvalue weighted by molar-refractivity contribution is -0.138. The first-order valence-electron chi connectivity index (χ1n) is 7.91. The van der Waals surface area contributed by atoms with Crippen molar-refractivity contribution < 1.29 is 9.53 Å². The number of nitrogens with zero attached hydrogens (tertiary/aromatic N) is 5. The topological polar surface area (TPSA) is 71.5 Å². The normalized spacial score (nSPS) is 16.8. The molecule has 0 aliphatic carbocycles. The smallest absolute Gasteiger partial charge is 0.244 e. The first-order valence-corrected chi connectivity index (χ1v) is 8.68. The highest BCUT2D eigenvalue weighted by Gasteiger charge is 2.31. The minimum atomic E-state index is -0.339. The molecule has 0 radical (unpaired) electrons. The third kappa shape index (κ3) is 3.77. The van der Waals surface area contributed by atoms with Crippen LogP contribution in [-0.2, 0) is 16.1 Å². The van der Waals surface area contributed by atoms with Crippen molar-refractivity contribution in [3.05, 3.63) is 40.7 Å². The lowest BCUT2D eigenvalue weighted by atomic mass is 10.1. The van der Waals surface area contributed by atoms with Crippen molar-refractivity contribution in [2.75, 3.05) is 33.4 Å². The summed E-state index contributed by atoms with van der Waals surface area (Å²) < 4.78 is 9.37. The molecule has 1 atom stereocenters. The van der Waals surface area contributed by atoms with Gasteiger partial charge in [0.1, 0.15) is 6.04 Å². The molecule has 1 amide bonds. The maximum absolute atomic E-state index is 13.2. The third-order valence-corrected chi connectivity index (χ3v) is 4.96. The van der Waals surface area contributed by atoms with Crippen LogP contribution in [0.15, 0.2) is 24.5 Å². The first kappa shape index (κ1) is 16.9. The van der Waals surface area contributed by atoms with Gasteiger partial charge in [0.15, 0.2) is 0 Å². The molecule has 2 aromatic heterocycles. The summed E-state index contributed by atoms with van der Waals surface area (Å²) in [5.41, 5.74) is 1.79. The number of pyridine rings is 1. The molecule has 3 heterocycles. The second-order valence-electron chi connectivity index (χ2n) is 5.81. The van der Waals surface area contributed by atoms with Crippen molar-refractivity contribution in [2.45, 2.75) is 19.5 Å². The van der Waals surface area contributed by atoms with Gasteiger partial charge in [0.25, 0.3) is 0 Å². The number of carbonyl (C=O) groups is 1. The van der Waals surface area contributed by atoms with Gasteiger partial charge in [-0.1, -0.05) is 10.6 Å². The van der Waals surface area contributed by atoms with Gasteiger partial charge in [-0.3, -0.25) is 14.7 Å². The molecule has 2 aromatic rings. The molecular formula is C16H21N5O2S. The van der Waals surface area contributed by atoms with Crippen LogP contribution in [0.2, 0.25) is 0 Å². The largest absolute Gasteiger partial charge is 0.379 e. The Kier molecular flexibility index (Phi) is 5.49. The Labute approximate surface area is 145 Å². The lowest BCUT2D eigenvalue weighted by Crippen LogP contribution is -2.46. The zero-order valence-corrected chi connectivity index (χ0v) is 14.7. The summed E-state index contributed by atoms with van der Waals surface area (Å²) in [6, 6.07) is 3.49. The van der Waals surface area contributed by atoms with E-state index in [0.717, 1.165) is 29.2 Å². The van der Waals surface area contributed by atoms with Gasteiger partial charge in [0.2, 0.25) is 5.91 Å². The number of hydrogen-bond donors (Lipinski definition) is 0. The van der Waals surface area contributed by atoms with E-state index in [4.69, 9.17) is 4.74 Å². The van der Waals surface area contributed by atoms with Gasteiger partial charge in [0.05, 0.1) is 30.3 Å². The SMILES string of the molecule is Cc1nnsc1CN(C)C(=O)[C@@H](c1cccnc1)N1CCOCC1. The van der Waals surface area contributed by atoms with Gasteiger partial charge in [-0.25, -0.2) is 0 Å². The van der Waals surface area contributed by atoms with Gasteiger partial charge >= 0.3 is 0 Å². The van der Waals surface area contributed by atoms with Crippen LogP contribution in [0.3, 0.4) is 0 Å². The zero-order valence-electron chi connectivity index (χ0n) is 13.9. The Morgan fingerprint density at radius 2 is 2.25 bits per heavy atom. The summed E-state index contributed by atoms with van der Waals surface area (Å²) in [6.07, 6.45) is 3.49. The van der Waals surface area contributed by atoms with E-state index in [-0.39, 0.29) is 11.9 Å². The van der Waals surface area contributed by atoms with E-state index < -0.39 is 0 Å². The average molecular weight is 347 g/mol. The van der Waals surface area contributed by atoms with Crippen LogP contribution < -0.4 is 0 Å². The summed E-state index contributed by atoms with van der Waals surface area (Å²) in [7, 11) is 1.82. The van der Waals surface area contributed by atoms with Gasteiger partial charge in [-0.05, 0) is 30.1 Å². The van der Waals surface area contributed by atoms with Gasteiger partial charge in [-0.15, -0.1) is 5.10 Å². The molecular weight excluding hydrogens is 326 g/mol. The highest BCUT2D eigenvalue weighted by molar-refractivity contribution is 7.05. The first-order chi connectivity index (χ1) is 11.7. The number of ether oxygens (including phenoxy) is 1. The second kappa shape index (κ2) is 7.78. The van der Waals surface area contributed by atoms with E-state index in [0.29, 0.717) is 19.8 Å². The number of hydrogen-bond acceptors (Lipinski definition) is 7. The zero-order chi connectivity index (χ0) is 16.9. The molecule has 1 fully saturated rings. The number of carbonyl (C=O) groups excluding carboxylic acids is 1. The van der Waals surface area contributed by atoms with Crippen molar-refractivity contribution in [3.8, 4) is 0 Å². The van der Waals surface area contributed by atoms with Crippen LogP contribution in [-0.4, -0.2) is 63.6 Å².